The van der Waals surface area contributed by atoms with Crippen molar-refractivity contribution in [2.24, 2.45) is 0 Å². The van der Waals surface area contributed by atoms with E-state index >= 15 is 0 Å². The lowest BCUT2D eigenvalue weighted by Crippen LogP contribution is -2.01. The molecule has 0 aliphatic rings. The molecule has 1 radical (unpaired) electrons. The predicted octanol–water partition coefficient (Wildman–Crippen LogP) is 1.72. The molecule has 59 valence electrons. The fourth-order valence-electron chi connectivity index (χ4n) is 0.908. The monoisotopic (exact) mass is 153 g/mol. The van der Waals surface area contributed by atoms with Crippen LogP contribution in [-0.4, -0.2) is 11.7 Å². The van der Waals surface area contributed by atoms with Gasteiger partial charge in [-0.3, -0.25) is 0 Å². The van der Waals surface area contributed by atoms with Crippen molar-refractivity contribution >= 4 is 0 Å². The molecule has 0 aliphatic carbocycles. The first-order chi connectivity index (χ1) is 5.25. The Kier molecular flexibility index (Phi) is 2.60. The van der Waals surface area contributed by atoms with Crippen molar-refractivity contribution in [1.82, 2.24) is 0 Å². The Labute approximate surface area is 65.5 Å². The van der Waals surface area contributed by atoms with Crippen molar-refractivity contribution in [2.75, 3.05) is 6.61 Å². The van der Waals surface area contributed by atoms with Crippen LogP contribution in [0.25, 0.3) is 0 Å². The Bertz CT molecular complexity index is 235. The first-order valence-corrected chi connectivity index (χ1v) is 3.52. The summed E-state index contributed by atoms with van der Waals surface area (Å²) in [5.41, 5.74) is 0.523. The minimum absolute atomic E-state index is 0.0330. The smallest absolute Gasteiger partial charge is 0.134 e. The van der Waals surface area contributed by atoms with Crippen LogP contribution in [0, 0.1) is 11.9 Å². The van der Waals surface area contributed by atoms with E-state index in [-0.39, 0.29) is 18.3 Å². The third kappa shape index (κ3) is 1.77. The van der Waals surface area contributed by atoms with Crippen molar-refractivity contribution in [3.63, 3.8) is 0 Å². The molecule has 11 heavy (non-hydrogen) atoms. The van der Waals surface area contributed by atoms with Gasteiger partial charge in [0.25, 0.3) is 0 Å². The molecule has 1 atom stereocenters. The van der Waals surface area contributed by atoms with Gasteiger partial charge in [-0.05, 0) is 5.56 Å². The fourth-order valence-corrected chi connectivity index (χ4v) is 0.908. The van der Waals surface area contributed by atoms with E-state index in [1.807, 2.05) is 0 Å². The van der Waals surface area contributed by atoms with Crippen molar-refractivity contribution in [3.8, 4) is 0 Å². The van der Waals surface area contributed by atoms with Gasteiger partial charge in [0.05, 0.1) is 0 Å². The summed E-state index contributed by atoms with van der Waals surface area (Å²) < 4.78 is 12.9. The van der Waals surface area contributed by atoms with Crippen LogP contribution in [0.1, 0.15) is 18.4 Å². The van der Waals surface area contributed by atoms with Crippen LogP contribution >= 0.6 is 0 Å². The summed E-state index contributed by atoms with van der Waals surface area (Å²) in [5.74, 6) is -0.513. The van der Waals surface area contributed by atoms with Gasteiger partial charge in [-0.15, -0.1) is 0 Å². The fraction of sp³-hybridized carbons (Fsp3) is 0.333. The van der Waals surface area contributed by atoms with Crippen LogP contribution in [0.15, 0.2) is 18.2 Å². The standard InChI is InChI=1S/C9H10FO/c1-7(6-11)8-4-2-3-5-9(8)10/h2-4,7,11H,6H2,1H3. The minimum Gasteiger partial charge on any atom is -0.396 e. The van der Waals surface area contributed by atoms with E-state index in [0.29, 0.717) is 5.56 Å². The lowest BCUT2D eigenvalue weighted by atomic mass is 10.0. The number of hydrogen-bond acceptors (Lipinski definition) is 1. The van der Waals surface area contributed by atoms with Gasteiger partial charge in [0.2, 0.25) is 0 Å². The molecular weight excluding hydrogens is 143 g/mol. The zero-order valence-corrected chi connectivity index (χ0v) is 6.34. The van der Waals surface area contributed by atoms with Gasteiger partial charge in [-0.2, -0.15) is 0 Å². The molecule has 0 aromatic heterocycles. The Balaban J connectivity index is 2.93. The lowest BCUT2D eigenvalue weighted by Gasteiger charge is -2.07. The van der Waals surface area contributed by atoms with Crippen LogP contribution in [0.2, 0.25) is 0 Å². The van der Waals surface area contributed by atoms with E-state index in [9.17, 15) is 4.39 Å². The molecule has 2 heteroatoms. The number of benzene rings is 1. The van der Waals surface area contributed by atoms with E-state index < -0.39 is 0 Å². The van der Waals surface area contributed by atoms with Gasteiger partial charge in [-0.25, -0.2) is 4.39 Å². The van der Waals surface area contributed by atoms with Gasteiger partial charge < -0.3 is 5.11 Å². The largest absolute Gasteiger partial charge is 0.396 e. The minimum atomic E-state index is -0.367. The maximum Gasteiger partial charge on any atom is 0.134 e. The van der Waals surface area contributed by atoms with E-state index in [0.717, 1.165) is 0 Å². The maximum absolute atomic E-state index is 12.9. The molecule has 0 amide bonds. The Morgan fingerprint density at radius 3 is 3.00 bits per heavy atom. The molecule has 0 saturated carbocycles. The van der Waals surface area contributed by atoms with Crippen LogP contribution in [0.3, 0.4) is 0 Å². The van der Waals surface area contributed by atoms with Crippen molar-refractivity contribution in [3.05, 3.63) is 35.6 Å². The van der Waals surface area contributed by atoms with Crippen molar-refractivity contribution < 1.29 is 9.50 Å². The first kappa shape index (κ1) is 8.21. The van der Waals surface area contributed by atoms with Crippen molar-refractivity contribution in [2.45, 2.75) is 12.8 Å². The quantitative estimate of drug-likeness (QED) is 0.685. The SMILES string of the molecule is CC(CO)c1ccc[c]c1F. The third-order valence-corrected chi connectivity index (χ3v) is 1.64. The molecule has 0 aliphatic heterocycles. The highest BCUT2D eigenvalue weighted by Crippen LogP contribution is 2.16. The summed E-state index contributed by atoms with van der Waals surface area (Å²) in [4.78, 5) is 0. The van der Waals surface area contributed by atoms with Gasteiger partial charge in [0.15, 0.2) is 0 Å². The second-order valence-electron chi connectivity index (χ2n) is 2.52. The highest BCUT2D eigenvalue weighted by atomic mass is 19.1. The Morgan fingerprint density at radius 1 is 1.73 bits per heavy atom. The third-order valence-electron chi connectivity index (χ3n) is 1.64. The molecule has 0 bridgehead atoms. The van der Waals surface area contributed by atoms with E-state index in [1.54, 1.807) is 19.1 Å². The summed E-state index contributed by atoms with van der Waals surface area (Å²) in [5, 5.41) is 8.73. The average Bonchev–Trinajstić information content (AvgIpc) is 2.04. The molecule has 1 aromatic carbocycles. The number of rotatable bonds is 2. The molecule has 1 aromatic rings. The maximum atomic E-state index is 12.9. The molecule has 0 saturated heterocycles. The van der Waals surface area contributed by atoms with Crippen LogP contribution < -0.4 is 0 Å². The van der Waals surface area contributed by atoms with Gasteiger partial charge in [-0.1, -0.05) is 25.1 Å². The average molecular weight is 153 g/mol. The number of halogens is 1. The van der Waals surface area contributed by atoms with Crippen molar-refractivity contribution in [1.29, 1.82) is 0 Å². The molecule has 1 N–H and O–H groups in total. The van der Waals surface area contributed by atoms with Crippen LogP contribution in [-0.2, 0) is 0 Å². The summed E-state index contributed by atoms with van der Waals surface area (Å²) >= 11 is 0. The summed E-state index contributed by atoms with van der Waals surface area (Å²) in [6.07, 6.45) is 0. The summed E-state index contributed by atoms with van der Waals surface area (Å²) in [6, 6.07) is 7.33. The van der Waals surface area contributed by atoms with Crippen LogP contribution in [0.4, 0.5) is 4.39 Å². The second-order valence-corrected chi connectivity index (χ2v) is 2.52. The number of hydrogen-bond donors (Lipinski definition) is 1. The zero-order valence-electron chi connectivity index (χ0n) is 6.34. The van der Waals surface area contributed by atoms with Crippen LogP contribution in [0.5, 0.6) is 0 Å². The molecular formula is C9H10FO. The first-order valence-electron chi connectivity index (χ1n) is 3.52. The van der Waals surface area contributed by atoms with E-state index in [1.165, 1.54) is 6.07 Å². The predicted molar refractivity (Wildman–Crippen MR) is 40.7 cm³/mol. The Morgan fingerprint density at radius 2 is 2.45 bits per heavy atom. The second kappa shape index (κ2) is 3.49. The molecule has 0 fully saturated rings. The molecule has 1 unspecified atom stereocenters. The molecule has 1 nitrogen and oxygen atoms in total. The highest BCUT2D eigenvalue weighted by molar-refractivity contribution is 5.20. The number of aliphatic hydroxyl groups excluding tert-OH is 1. The molecule has 0 heterocycles. The normalized spacial score (nSPS) is 13.0. The molecule has 1 rings (SSSR count). The summed E-state index contributed by atoms with van der Waals surface area (Å²) in [6.45, 7) is 1.74. The topological polar surface area (TPSA) is 20.2 Å². The Hall–Kier alpha value is -0.890. The molecule has 0 spiro atoms. The highest BCUT2D eigenvalue weighted by Gasteiger charge is 2.07. The van der Waals surface area contributed by atoms with Gasteiger partial charge in [0, 0.05) is 18.6 Å². The lowest BCUT2D eigenvalue weighted by molar-refractivity contribution is 0.270. The van der Waals surface area contributed by atoms with E-state index in [4.69, 9.17) is 5.11 Å². The zero-order chi connectivity index (χ0) is 8.27. The van der Waals surface area contributed by atoms with Gasteiger partial charge >= 0.3 is 0 Å². The van der Waals surface area contributed by atoms with E-state index in [2.05, 4.69) is 6.07 Å². The number of aliphatic hydroxyl groups is 1. The summed E-state index contributed by atoms with van der Waals surface area (Å²) in [7, 11) is 0. The van der Waals surface area contributed by atoms with Gasteiger partial charge in [0.1, 0.15) is 5.82 Å².